The van der Waals surface area contributed by atoms with E-state index < -0.39 is 0 Å². The van der Waals surface area contributed by atoms with Crippen LogP contribution in [0.2, 0.25) is 0 Å². The number of aromatic amines is 1. The maximum atomic E-state index is 11.9. The van der Waals surface area contributed by atoms with Crippen LogP contribution in [0.25, 0.3) is 0 Å². The Bertz CT molecular complexity index is 335. The number of nitrogens with zero attached hydrogens (tertiary/aromatic N) is 2. The van der Waals surface area contributed by atoms with E-state index in [4.69, 9.17) is 5.73 Å². The lowest BCUT2D eigenvalue weighted by molar-refractivity contribution is 0.0672. The standard InChI is InChI=1S/C10H16N4O/c1-7-2-3-14(6-9(7)11)10(15)8-4-12-13-5-8/h4-5,7,9H,2-3,6,11H2,1H3,(H,12,13). The summed E-state index contributed by atoms with van der Waals surface area (Å²) in [6.45, 7) is 3.56. The van der Waals surface area contributed by atoms with Crippen LogP contribution in [0.15, 0.2) is 12.4 Å². The van der Waals surface area contributed by atoms with Crippen LogP contribution in [-0.4, -0.2) is 40.1 Å². The van der Waals surface area contributed by atoms with Crippen LogP contribution in [0.3, 0.4) is 0 Å². The van der Waals surface area contributed by atoms with Crippen molar-refractivity contribution in [2.24, 2.45) is 11.7 Å². The summed E-state index contributed by atoms with van der Waals surface area (Å²) in [4.78, 5) is 13.7. The van der Waals surface area contributed by atoms with Gasteiger partial charge in [-0.2, -0.15) is 5.10 Å². The zero-order valence-corrected chi connectivity index (χ0v) is 8.81. The number of rotatable bonds is 1. The molecule has 1 aliphatic rings. The first-order valence-electron chi connectivity index (χ1n) is 5.22. The number of nitrogens with two attached hydrogens (primary N) is 1. The average Bonchev–Trinajstić information content (AvgIpc) is 2.74. The normalized spacial score (nSPS) is 26.7. The van der Waals surface area contributed by atoms with E-state index in [-0.39, 0.29) is 11.9 Å². The summed E-state index contributed by atoms with van der Waals surface area (Å²) in [7, 11) is 0. The SMILES string of the molecule is CC1CCN(C(=O)c2cn[nH]c2)CC1N. The minimum absolute atomic E-state index is 0.0195. The first kappa shape index (κ1) is 10.2. The molecule has 2 rings (SSSR count). The Hall–Kier alpha value is -1.36. The smallest absolute Gasteiger partial charge is 0.257 e. The van der Waals surface area contributed by atoms with E-state index in [0.717, 1.165) is 13.0 Å². The summed E-state index contributed by atoms with van der Waals surface area (Å²) in [5.74, 6) is 0.518. The van der Waals surface area contributed by atoms with Crippen molar-refractivity contribution in [2.45, 2.75) is 19.4 Å². The molecule has 2 heterocycles. The van der Waals surface area contributed by atoms with Crippen molar-refractivity contribution in [2.75, 3.05) is 13.1 Å². The molecule has 0 aromatic carbocycles. The first-order chi connectivity index (χ1) is 7.18. The summed E-state index contributed by atoms with van der Waals surface area (Å²) in [6, 6.07) is 0.0922. The van der Waals surface area contributed by atoms with E-state index in [1.807, 2.05) is 0 Å². The van der Waals surface area contributed by atoms with Crippen LogP contribution in [0, 0.1) is 5.92 Å². The van der Waals surface area contributed by atoms with Crippen LogP contribution in [-0.2, 0) is 0 Å². The highest BCUT2D eigenvalue weighted by molar-refractivity contribution is 5.93. The number of H-pyrrole nitrogens is 1. The zero-order valence-electron chi connectivity index (χ0n) is 8.81. The third-order valence-electron chi connectivity index (χ3n) is 3.05. The third kappa shape index (κ3) is 2.02. The van der Waals surface area contributed by atoms with Gasteiger partial charge >= 0.3 is 0 Å². The van der Waals surface area contributed by atoms with E-state index in [1.54, 1.807) is 17.3 Å². The summed E-state index contributed by atoms with van der Waals surface area (Å²) in [5.41, 5.74) is 6.55. The summed E-state index contributed by atoms with van der Waals surface area (Å²) in [6.07, 6.45) is 4.14. The van der Waals surface area contributed by atoms with Gasteiger partial charge < -0.3 is 10.6 Å². The predicted octanol–water partition coefficient (Wildman–Crippen LogP) is 0.219. The zero-order chi connectivity index (χ0) is 10.8. The lowest BCUT2D eigenvalue weighted by atomic mass is 9.94. The Morgan fingerprint density at radius 1 is 1.73 bits per heavy atom. The maximum absolute atomic E-state index is 11.9. The maximum Gasteiger partial charge on any atom is 0.257 e. The van der Waals surface area contributed by atoms with Gasteiger partial charge in [-0.3, -0.25) is 9.89 Å². The molecule has 0 radical (unpaired) electrons. The lowest BCUT2D eigenvalue weighted by Gasteiger charge is -2.34. The predicted molar refractivity (Wildman–Crippen MR) is 56.2 cm³/mol. The number of amides is 1. The Balaban J connectivity index is 2.03. The summed E-state index contributed by atoms with van der Waals surface area (Å²) < 4.78 is 0. The molecule has 0 saturated carbocycles. The van der Waals surface area contributed by atoms with Crippen molar-refractivity contribution in [3.8, 4) is 0 Å². The molecule has 1 aromatic heterocycles. The number of piperidine rings is 1. The number of carbonyl (C=O) groups excluding carboxylic acids is 1. The van der Waals surface area contributed by atoms with Crippen molar-refractivity contribution < 1.29 is 4.79 Å². The van der Waals surface area contributed by atoms with Crippen LogP contribution in [0.1, 0.15) is 23.7 Å². The Labute approximate surface area is 88.6 Å². The molecule has 0 bridgehead atoms. The van der Waals surface area contributed by atoms with Gasteiger partial charge in [0.1, 0.15) is 0 Å². The second-order valence-corrected chi connectivity index (χ2v) is 4.17. The van der Waals surface area contributed by atoms with E-state index in [1.165, 1.54) is 0 Å². The van der Waals surface area contributed by atoms with Gasteiger partial charge in [-0.25, -0.2) is 0 Å². The molecule has 15 heavy (non-hydrogen) atoms. The second kappa shape index (κ2) is 4.02. The molecule has 1 aromatic rings. The van der Waals surface area contributed by atoms with Crippen molar-refractivity contribution >= 4 is 5.91 Å². The van der Waals surface area contributed by atoms with Gasteiger partial charge in [-0.1, -0.05) is 6.92 Å². The van der Waals surface area contributed by atoms with E-state index >= 15 is 0 Å². The first-order valence-corrected chi connectivity index (χ1v) is 5.22. The third-order valence-corrected chi connectivity index (χ3v) is 3.05. The molecule has 2 atom stereocenters. The Morgan fingerprint density at radius 3 is 3.13 bits per heavy atom. The summed E-state index contributed by atoms with van der Waals surface area (Å²) in [5, 5.41) is 6.41. The van der Waals surface area contributed by atoms with Gasteiger partial charge in [-0.05, 0) is 12.3 Å². The molecule has 1 fully saturated rings. The van der Waals surface area contributed by atoms with Crippen LogP contribution in [0.4, 0.5) is 0 Å². The molecular formula is C10H16N4O. The fraction of sp³-hybridized carbons (Fsp3) is 0.600. The Morgan fingerprint density at radius 2 is 2.53 bits per heavy atom. The molecule has 1 aliphatic heterocycles. The number of aromatic nitrogens is 2. The molecule has 0 spiro atoms. The van der Waals surface area contributed by atoms with Crippen molar-refractivity contribution in [3.63, 3.8) is 0 Å². The van der Waals surface area contributed by atoms with Crippen LogP contribution < -0.4 is 5.73 Å². The fourth-order valence-electron chi connectivity index (χ4n) is 1.83. The average molecular weight is 208 g/mol. The van der Waals surface area contributed by atoms with Gasteiger partial charge in [0.15, 0.2) is 0 Å². The topological polar surface area (TPSA) is 75.0 Å². The molecule has 5 heteroatoms. The molecular weight excluding hydrogens is 192 g/mol. The Kier molecular flexibility index (Phi) is 2.73. The molecule has 3 N–H and O–H groups in total. The van der Waals surface area contributed by atoms with E-state index in [2.05, 4.69) is 17.1 Å². The van der Waals surface area contributed by atoms with Crippen LogP contribution in [0.5, 0.6) is 0 Å². The molecule has 1 amide bonds. The summed E-state index contributed by atoms with van der Waals surface area (Å²) >= 11 is 0. The highest BCUT2D eigenvalue weighted by atomic mass is 16.2. The minimum Gasteiger partial charge on any atom is -0.337 e. The number of nitrogens with one attached hydrogen (secondary N) is 1. The lowest BCUT2D eigenvalue weighted by Crippen LogP contribution is -2.49. The van der Waals surface area contributed by atoms with E-state index in [0.29, 0.717) is 18.0 Å². The van der Waals surface area contributed by atoms with Gasteiger partial charge in [0.25, 0.3) is 5.91 Å². The fourth-order valence-corrected chi connectivity index (χ4v) is 1.83. The molecule has 0 aliphatic carbocycles. The number of hydrogen-bond donors (Lipinski definition) is 2. The van der Waals surface area contributed by atoms with Crippen molar-refractivity contribution in [1.82, 2.24) is 15.1 Å². The van der Waals surface area contributed by atoms with Crippen LogP contribution >= 0.6 is 0 Å². The monoisotopic (exact) mass is 208 g/mol. The number of hydrogen-bond acceptors (Lipinski definition) is 3. The van der Waals surface area contributed by atoms with Gasteiger partial charge in [-0.15, -0.1) is 0 Å². The quantitative estimate of drug-likeness (QED) is 0.693. The minimum atomic E-state index is 0.0195. The number of likely N-dealkylation sites (tertiary alicyclic amines) is 1. The molecule has 1 saturated heterocycles. The van der Waals surface area contributed by atoms with Gasteiger partial charge in [0.05, 0.1) is 11.8 Å². The van der Waals surface area contributed by atoms with E-state index in [9.17, 15) is 4.79 Å². The molecule has 82 valence electrons. The number of carbonyl (C=O) groups is 1. The highest BCUT2D eigenvalue weighted by Crippen LogP contribution is 2.17. The molecule has 5 nitrogen and oxygen atoms in total. The van der Waals surface area contributed by atoms with Crippen molar-refractivity contribution in [3.05, 3.63) is 18.0 Å². The molecule has 2 unspecified atom stereocenters. The van der Waals surface area contributed by atoms with Gasteiger partial charge in [0.2, 0.25) is 0 Å². The van der Waals surface area contributed by atoms with Gasteiger partial charge in [0, 0.05) is 25.3 Å². The van der Waals surface area contributed by atoms with Crippen molar-refractivity contribution in [1.29, 1.82) is 0 Å². The largest absolute Gasteiger partial charge is 0.337 e. The second-order valence-electron chi connectivity index (χ2n) is 4.17. The highest BCUT2D eigenvalue weighted by Gasteiger charge is 2.27.